The molecule has 0 aromatic heterocycles. The molecule has 1 atom stereocenters. The van der Waals surface area contributed by atoms with Crippen LogP contribution >= 0.6 is 0 Å². The normalized spacial score (nSPS) is 12.2. The number of amides is 1. The first-order chi connectivity index (χ1) is 15.6. The van der Waals surface area contributed by atoms with Gasteiger partial charge in [0.1, 0.15) is 11.5 Å². The molecule has 1 amide bonds. The van der Waals surface area contributed by atoms with Gasteiger partial charge >= 0.3 is 0 Å². The largest absolute Gasteiger partial charge is 0.497 e. The van der Waals surface area contributed by atoms with E-state index in [9.17, 15) is 9.59 Å². The van der Waals surface area contributed by atoms with Gasteiger partial charge in [-0.3, -0.25) is 9.59 Å². The summed E-state index contributed by atoms with van der Waals surface area (Å²) in [6.07, 6.45) is 4.50. The minimum Gasteiger partial charge on any atom is -0.497 e. The standard InChI is InChI=1S/C28H39NO4/c1-8-9-10-11-21(23-14-13-22(32-6)18-26(23)33-7)17-27(31)29-25-16-20(19(2)30)12-15-24(25)28(3,4)5/h12-16,18,21H,8-11,17H2,1-7H3,(H,29,31). The van der Waals surface area contributed by atoms with Gasteiger partial charge in [0, 0.05) is 23.7 Å². The Morgan fingerprint density at radius 3 is 2.30 bits per heavy atom. The van der Waals surface area contributed by atoms with Gasteiger partial charge in [0.15, 0.2) is 5.78 Å². The summed E-state index contributed by atoms with van der Waals surface area (Å²) in [4.78, 5) is 25.2. The number of ether oxygens (including phenoxy) is 2. The third-order valence-corrected chi connectivity index (χ3v) is 5.98. The van der Waals surface area contributed by atoms with Gasteiger partial charge in [0.2, 0.25) is 5.91 Å². The highest BCUT2D eigenvalue weighted by Gasteiger charge is 2.23. The maximum Gasteiger partial charge on any atom is 0.224 e. The minimum absolute atomic E-state index is 0.0199. The quantitative estimate of drug-likeness (QED) is 0.297. The highest BCUT2D eigenvalue weighted by Crippen LogP contribution is 2.36. The zero-order valence-corrected chi connectivity index (χ0v) is 21.2. The van der Waals surface area contributed by atoms with Crippen LogP contribution in [0.1, 0.15) is 94.1 Å². The maximum absolute atomic E-state index is 13.3. The van der Waals surface area contributed by atoms with Crippen LogP contribution < -0.4 is 14.8 Å². The van der Waals surface area contributed by atoms with Gasteiger partial charge in [-0.1, -0.05) is 65.2 Å². The lowest BCUT2D eigenvalue weighted by atomic mass is 9.84. The Balaban J connectivity index is 2.34. The molecule has 0 spiro atoms. The molecule has 0 fully saturated rings. The molecule has 0 radical (unpaired) electrons. The first kappa shape index (κ1) is 26.4. The molecule has 1 N–H and O–H groups in total. The molecular formula is C28H39NO4. The molecule has 0 aliphatic rings. The van der Waals surface area contributed by atoms with Crippen molar-refractivity contribution in [2.75, 3.05) is 19.5 Å². The molecule has 2 rings (SSSR count). The number of anilines is 1. The molecule has 180 valence electrons. The summed E-state index contributed by atoms with van der Waals surface area (Å²) in [6, 6.07) is 11.3. The van der Waals surface area contributed by atoms with Crippen molar-refractivity contribution >= 4 is 17.4 Å². The van der Waals surface area contributed by atoms with Gasteiger partial charge in [-0.25, -0.2) is 0 Å². The van der Waals surface area contributed by atoms with E-state index in [2.05, 4.69) is 33.0 Å². The van der Waals surface area contributed by atoms with Crippen molar-refractivity contribution in [2.24, 2.45) is 0 Å². The van der Waals surface area contributed by atoms with Crippen molar-refractivity contribution in [1.82, 2.24) is 0 Å². The monoisotopic (exact) mass is 453 g/mol. The van der Waals surface area contributed by atoms with Crippen molar-refractivity contribution < 1.29 is 19.1 Å². The Labute approximate surface area is 198 Å². The SMILES string of the molecule is CCCCCC(CC(=O)Nc1cc(C(C)=O)ccc1C(C)(C)C)c1ccc(OC)cc1OC. The third-order valence-electron chi connectivity index (χ3n) is 5.98. The average Bonchev–Trinajstić information content (AvgIpc) is 2.77. The van der Waals surface area contributed by atoms with Gasteiger partial charge in [0.25, 0.3) is 0 Å². The molecule has 0 bridgehead atoms. The second kappa shape index (κ2) is 11.9. The lowest BCUT2D eigenvalue weighted by molar-refractivity contribution is -0.116. The lowest BCUT2D eigenvalue weighted by Crippen LogP contribution is -2.21. The zero-order chi connectivity index (χ0) is 24.6. The molecule has 33 heavy (non-hydrogen) atoms. The van der Waals surface area contributed by atoms with E-state index in [1.165, 1.54) is 6.92 Å². The second-order valence-electron chi connectivity index (χ2n) is 9.62. The van der Waals surface area contributed by atoms with E-state index in [0.29, 0.717) is 17.7 Å². The minimum atomic E-state index is -0.169. The van der Waals surface area contributed by atoms with Crippen LogP contribution in [0.2, 0.25) is 0 Å². The van der Waals surface area contributed by atoms with Gasteiger partial charge in [-0.15, -0.1) is 0 Å². The Hall–Kier alpha value is -2.82. The Bertz CT molecular complexity index is 959. The number of benzene rings is 2. The van der Waals surface area contributed by atoms with E-state index in [4.69, 9.17) is 9.47 Å². The van der Waals surface area contributed by atoms with Crippen LogP contribution in [0.3, 0.4) is 0 Å². The van der Waals surface area contributed by atoms with Crippen LogP contribution in [0.5, 0.6) is 11.5 Å². The number of carbonyl (C=O) groups excluding carboxylic acids is 2. The van der Waals surface area contributed by atoms with E-state index >= 15 is 0 Å². The Kier molecular flexibility index (Phi) is 9.51. The van der Waals surface area contributed by atoms with E-state index in [1.807, 2.05) is 30.3 Å². The lowest BCUT2D eigenvalue weighted by Gasteiger charge is -2.25. The van der Waals surface area contributed by atoms with Gasteiger partial charge in [0.05, 0.1) is 14.2 Å². The topological polar surface area (TPSA) is 64.6 Å². The molecule has 2 aromatic rings. The van der Waals surface area contributed by atoms with Crippen molar-refractivity contribution in [3.63, 3.8) is 0 Å². The summed E-state index contributed by atoms with van der Waals surface area (Å²) in [7, 11) is 3.27. The summed E-state index contributed by atoms with van der Waals surface area (Å²) in [5.74, 6) is 1.39. The predicted octanol–water partition coefficient (Wildman–Crippen LogP) is 6.90. The first-order valence-electron chi connectivity index (χ1n) is 11.8. The number of hydrogen-bond donors (Lipinski definition) is 1. The molecule has 5 heteroatoms. The number of rotatable bonds is 11. The smallest absolute Gasteiger partial charge is 0.224 e. The number of carbonyl (C=O) groups is 2. The number of Topliss-reactive ketones (excluding diaryl/α,β-unsaturated/α-hetero) is 1. The van der Waals surface area contributed by atoms with Gasteiger partial charge in [-0.05, 0) is 47.9 Å². The molecule has 2 aromatic carbocycles. The Morgan fingerprint density at radius 1 is 1.00 bits per heavy atom. The summed E-state index contributed by atoms with van der Waals surface area (Å²) in [5.41, 5.74) is 3.14. The van der Waals surface area contributed by atoms with E-state index in [0.717, 1.165) is 48.3 Å². The van der Waals surface area contributed by atoms with E-state index in [-0.39, 0.29) is 23.0 Å². The van der Waals surface area contributed by atoms with Crippen molar-refractivity contribution in [2.45, 2.75) is 78.1 Å². The summed E-state index contributed by atoms with van der Waals surface area (Å²) in [5, 5.41) is 3.11. The fourth-order valence-corrected chi connectivity index (χ4v) is 4.11. The van der Waals surface area contributed by atoms with Gasteiger partial charge < -0.3 is 14.8 Å². The molecule has 0 saturated heterocycles. The van der Waals surface area contributed by atoms with Crippen LogP contribution in [0, 0.1) is 0 Å². The van der Waals surface area contributed by atoms with Crippen LogP contribution in [-0.4, -0.2) is 25.9 Å². The number of nitrogens with one attached hydrogen (secondary N) is 1. The predicted molar refractivity (Wildman–Crippen MR) is 135 cm³/mol. The number of hydrogen-bond acceptors (Lipinski definition) is 4. The Morgan fingerprint density at radius 2 is 1.73 bits per heavy atom. The van der Waals surface area contributed by atoms with Crippen LogP contribution in [0.15, 0.2) is 36.4 Å². The third kappa shape index (κ3) is 7.34. The molecular weight excluding hydrogens is 414 g/mol. The van der Waals surface area contributed by atoms with Crippen LogP contribution in [0.4, 0.5) is 5.69 Å². The fraction of sp³-hybridized carbons (Fsp3) is 0.500. The number of methoxy groups -OCH3 is 2. The van der Waals surface area contributed by atoms with Crippen molar-refractivity contribution in [1.29, 1.82) is 0 Å². The zero-order valence-electron chi connectivity index (χ0n) is 21.2. The van der Waals surface area contributed by atoms with E-state index < -0.39 is 0 Å². The summed E-state index contributed by atoms with van der Waals surface area (Å²) in [6.45, 7) is 10.0. The van der Waals surface area contributed by atoms with Crippen LogP contribution in [-0.2, 0) is 10.2 Å². The van der Waals surface area contributed by atoms with E-state index in [1.54, 1.807) is 20.3 Å². The molecule has 0 saturated carbocycles. The van der Waals surface area contributed by atoms with Crippen molar-refractivity contribution in [3.8, 4) is 11.5 Å². The number of ketones is 1. The highest BCUT2D eigenvalue weighted by molar-refractivity contribution is 5.98. The van der Waals surface area contributed by atoms with Crippen LogP contribution in [0.25, 0.3) is 0 Å². The summed E-state index contributed by atoms with van der Waals surface area (Å²) >= 11 is 0. The fourth-order valence-electron chi connectivity index (χ4n) is 4.11. The molecule has 1 unspecified atom stereocenters. The average molecular weight is 454 g/mol. The van der Waals surface area contributed by atoms with Gasteiger partial charge in [-0.2, -0.15) is 0 Å². The molecule has 5 nitrogen and oxygen atoms in total. The summed E-state index contributed by atoms with van der Waals surface area (Å²) < 4.78 is 11.0. The second-order valence-corrected chi connectivity index (χ2v) is 9.62. The maximum atomic E-state index is 13.3. The molecule has 0 aliphatic carbocycles. The van der Waals surface area contributed by atoms with Crippen molar-refractivity contribution in [3.05, 3.63) is 53.1 Å². The first-order valence-corrected chi connectivity index (χ1v) is 11.8. The molecule has 0 aliphatic heterocycles. The highest BCUT2D eigenvalue weighted by atomic mass is 16.5. The molecule has 0 heterocycles. The number of unbranched alkanes of at least 4 members (excludes halogenated alkanes) is 2.